The van der Waals surface area contributed by atoms with Gasteiger partial charge in [0.25, 0.3) is 0 Å². The van der Waals surface area contributed by atoms with Crippen molar-refractivity contribution < 1.29 is 9.84 Å². The molecule has 3 aliphatic rings. The van der Waals surface area contributed by atoms with Gasteiger partial charge in [0.05, 0.1) is 6.10 Å². The zero-order valence-corrected chi connectivity index (χ0v) is 12.2. The van der Waals surface area contributed by atoms with Crippen molar-refractivity contribution in [2.45, 2.75) is 70.3 Å². The Morgan fingerprint density at radius 3 is 2.42 bits per heavy atom. The molecule has 2 nitrogen and oxygen atoms in total. The zero-order chi connectivity index (χ0) is 13.1. The summed E-state index contributed by atoms with van der Waals surface area (Å²) >= 11 is 0. The third-order valence-electron chi connectivity index (χ3n) is 6.04. The molecule has 0 aromatic carbocycles. The molecule has 1 N–H and O–H groups in total. The SMILES string of the molecule is OC(CC1CCOCC1)C1CCC2CCCCC2C1. The Morgan fingerprint density at radius 1 is 0.895 bits per heavy atom. The van der Waals surface area contributed by atoms with E-state index in [9.17, 15) is 5.11 Å². The highest BCUT2D eigenvalue weighted by molar-refractivity contribution is 4.86. The summed E-state index contributed by atoms with van der Waals surface area (Å²) in [6, 6.07) is 0. The number of aliphatic hydroxyl groups excluding tert-OH is 1. The summed E-state index contributed by atoms with van der Waals surface area (Å²) in [7, 11) is 0. The summed E-state index contributed by atoms with van der Waals surface area (Å²) in [4.78, 5) is 0. The molecule has 1 heterocycles. The minimum absolute atomic E-state index is 0.0361. The van der Waals surface area contributed by atoms with Crippen LogP contribution in [0, 0.1) is 23.7 Å². The highest BCUT2D eigenvalue weighted by Crippen LogP contribution is 2.44. The molecule has 4 atom stereocenters. The van der Waals surface area contributed by atoms with Crippen molar-refractivity contribution in [1.29, 1.82) is 0 Å². The van der Waals surface area contributed by atoms with Crippen LogP contribution in [0.3, 0.4) is 0 Å². The second kappa shape index (κ2) is 6.58. The predicted octanol–water partition coefficient (Wildman–Crippen LogP) is 3.77. The third-order valence-corrected chi connectivity index (χ3v) is 6.04. The van der Waals surface area contributed by atoms with Gasteiger partial charge in [0.2, 0.25) is 0 Å². The molecule has 0 aromatic rings. The maximum atomic E-state index is 10.6. The molecule has 2 heteroatoms. The Labute approximate surface area is 117 Å². The molecule has 110 valence electrons. The monoisotopic (exact) mass is 266 g/mol. The van der Waals surface area contributed by atoms with E-state index in [1.165, 1.54) is 44.9 Å². The lowest BCUT2D eigenvalue weighted by molar-refractivity contribution is 0.00117. The van der Waals surface area contributed by atoms with Gasteiger partial charge >= 0.3 is 0 Å². The second-order valence-corrected chi connectivity index (χ2v) is 7.24. The molecular formula is C17H30O2. The number of fused-ring (bicyclic) bond motifs is 1. The lowest BCUT2D eigenvalue weighted by Crippen LogP contribution is -2.34. The predicted molar refractivity (Wildman–Crippen MR) is 77.0 cm³/mol. The van der Waals surface area contributed by atoms with Gasteiger partial charge in [0.15, 0.2) is 0 Å². The molecular weight excluding hydrogens is 236 g/mol. The summed E-state index contributed by atoms with van der Waals surface area (Å²) in [5.74, 6) is 3.26. The normalized spacial score (nSPS) is 38.7. The lowest BCUT2D eigenvalue weighted by Gasteiger charge is -2.41. The first-order chi connectivity index (χ1) is 9.33. The maximum absolute atomic E-state index is 10.6. The Balaban J connectivity index is 1.48. The van der Waals surface area contributed by atoms with E-state index < -0.39 is 0 Å². The van der Waals surface area contributed by atoms with E-state index in [4.69, 9.17) is 4.74 Å². The first-order valence-electron chi connectivity index (χ1n) is 8.58. The molecule has 0 spiro atoms. The van der Waals surface area contributed by atoms with Crippen molar-refractivity contribution in [3.05, 3.63) is 0 Å². The van der Waals surface area contributed by atoms with Gasteiger partial charge in [-0.05, 0) is 62.2 Å². The average Bonchev–Trinajstić information content (AvgIpc) is 2.48. The van der Waals surface area contributed by atoms with E-state index in [-0.39, 0.29) is 6.10 Å². The number of hydrogen-bond donors (Lipinski definition) is 1. The summed E-state index contributed by atoms with van der Waals surface area (Å²) in [5.41, 5.74) is 0. The summed E-state index contributed by atoms with van der Waals surface area (Å²) in [6.45, 7) is 1.82. The van der Waals surface area contributed by atoms with Crippen LogP contribution < -0.4 is 0 Å². The van der Waals surface area contributed by atoms with Crippen LogP contribution in [0.15, 0.2) is 0 Å². The van der Waals surface area contributed by atoms with Gasteiger partial charge < -0.3 is 9.84 Å². The molecule has 0 bridgehead atoms. The van der Waals surface area contributed by atoms with Gasteiger partial charge in [0, 0.05) is 13.2 Å². The number of hydrogen-bond acceptors (Lipinski definition) is 2. The van der Waals surface area contributed by atoms with Crippen LogP contribution in [-0.2, 0) is 4.74 Å². The first-order valence-corrected chi connectivity index (χ1v) is 8.58. The molecule has 3 fully saturated rings. The van der Waals surface area contributed by atoms with Crippen molar-refractivity contribution in [3.8, 4) is 0 Å². The van der Waals surface area contributed by atoms with E-state index in [1.54, 1.807) is 0 Å². The van der Waals surface area contributed by atoms with Gasteiger partial charge in [-0.15, -0.1) is 0 Å². The fourth-order valence-electron chi connectivity index (χ4n) is 4.78. The fourth-order valence-corrected chi connectivity index (χ4v) is 4.78. The van der Waals surface area contributed by atoms with Gasteiger partial charge in [-0.3, -0.25) is 0 Å². The Kier molecular flexibility index (Phi) is 4.81. The van der Waals surface area contributed by atoms with Crippen LogP contribution in [0.5, 0.6) is 0 Å². The quantitative estimate of drug-likeness (QED) is 0.842. The standard InChI is InChI=1S/C17H30O2/c18-17(11-13-7-9-19-10-8-13)16-6-5-14-3-1-2-4-15(14)12-16/h13-18H,1-12H2. The van der Waals surface area contributed by atoms with Gasteiger partial charge in [0.1, 0.15) is 0 Å². The number of ether oxygens (including phenoxy) is 1. The van der Waals surface area contributed by atoms with Crippen LogP contribution in [0.4, 0.5) is 0 Å². The molecule has 0 aromatic heterocycles. The van der Waals surface area contributed by atoms with E-state index in [2.05, 4.69) is 0 Å². The van der Waals surface area contributed by atoms with Crippen molar-refractivity contribution in [1.82, 2.24) is 0 Å². The second-order valence-electron chi connectivity index (χ2n) is 7.24. The van der Waals surface area contributed by atoms with Crippen LogP contribution in [0.1, 0.15) is 64.2 Å². The third kappa shape index (κ3) is 3.52. The topological polar surface area (TPSA) is 29.5 Å². The van der Waals surface area contributed by atoms with Crippen LogP contribution >= 0.6 is 0 Å². The minimum atomic E-state index is -0.0361. The Morgan fingerprint density at radius 2 is 1.63 bits per heavy atom. The summed E-state index contributed by atoms with van der Waals surface area (Å²) in [6.07, 6.45) is 13.1. The van der Waals surface area contributed by atoms with Crippen molar-refractivity contribution in [2.75, 3.05) is 13.2 Å². The molecule has 2 aliphatic carbocycles. The van der Waals surface area contributed by atoms with E-state index in [1.807, 2.05) is 0 Å². The van der Waals surface area contributed by atoms with Crippen molar-refractivity contribution >= 4 is 0 Å². The zero-order valence-electron chi connectivity index (χ0n) is 12.2. The molecule has 1 aliphatic heterocycles. The molecule has 19 heavy (non-hydrogen) atoms. The van der Waals surface area contributed by atoms with Crippen LogP contribution in [0.2, 0.25) is 0 Å². The molecule has 1 saturated heterocycles. The number of rotatable bonds is 3. The maximum Gasteiger partial charge on any atom is 0.0571 e. The van der Waals surface area contributed by atoms with Crippen LogP contribution in [0.25, 0.3) is 0 Å². The van der Waals surface area contributed by atoms with E-state index in [0.717, 1.165) is 44.3 Å². The van der Waals surface area contributed by atoms with Crippen molar-refractivity contribution in [3.63, 3.8) is 0 Å². The van der Waals surface area contributed by atoms with Crippen molar-refractivity contribution in [2.24, 2.45) is 23.7 Å². The molecule has 0 radical (unpaired) electrons. The highest BCUT2D eigenvalue weighted by atomic mass is 16.5. The Hall–Kier alpha value is -0.0800. The van der Waals surface area contributed by atoms with Gasteiger partial charge in [-0.2, -0.15) is 0 Å². The van der Waals surface area contributed by atoms with E-state index in [0.29, 0.717) is 11.8 Å². The van der Waals surface area contributed by atoms with Gasteiger partial charge in [-0.1, -0.05) is 25.7 Å². The molecule has 2 saturated carbocycles. The van der Waals surface area contributed by atoms with E-state index >= 15 is 0 Å². The lowest BCUT2D eigenvalue weighted by atomic mass is 9.66. The summed E-state index contributed by atoms with van der Waals surface area (Å²) in [5, 5.41) is 10.6. The fraction of sp³-hybridized carbons (Fsp3) is 1.00. The first kappa shape index (κ1) is 13.9. The van der Waals surface area contributed by atoms with Gasteiger partial charge in [-0.25, -0.2) is 0 Å². The molecule has 3 rings (SSSR count). The van der Waals surface area contributed by atoms with Crippen LogP contribution in [-0.4, -0.2) is 24.4 Å². The molecule has 0 amide bonds. The number of aliphatic hydroxyl groups is 1. The smallest absolute Gasteiger partial charge is 0.0571 e. The average molecular weight is 266 g/mol. The minimum Gasteiger partial charge on any atom is -0.393 e. The highest BCUT2D eigenvalue weighted by Gasteiger charge is 2.35. The Bertz CT molecular complexity index is 272. The summed E-state index contributed by atoms with van der Waals surface area (Å²) < 4.78 is 5.42. The molecule has 4 unspecified atom stereocenters. The largest absolute Gasteiger partial charge is 0.393 e.